The number of carbonyl (C=O) groups excluding carboxylic acids is 2. The van der Waals surface area contributed by atoms with Crippen LogP contribution in [0.15, 0.2) is 29.2 Å². The molecule has 0 N–H and O–H groups in total. The van der Waals surface area contributed by atoms with Gasteiger partial charge in [-0.3, -0.25) is 14.5 Å². The van der Waals surface area contributed by atoms with Crippen LogP contribution in [0, 0.1) is 0 Å². The number of thioether (sulfide) groups is 1. The Balaban J connectivity index is 2.21. The van der Waals surface area contributed by atoms with Gasteiger partial charge < -0.3 is 0 Å². The number of hydrogen-bond donors (Lipinski definition) is 0. The monoisotopic (exact) mass is 315 g/mol. The van der Waals surface area contributed by atoms with Crippen LogP contribution < -0.4 is 0 Å². The second-order valence-corrected chi connectivity index (χ2v) is 5.45. The molecule has 2 amide bonds. The van der Waals surface area contributed by atoms with Gasteiger partial charge in [0, 0.05) is 6.54 Å². The highest BCUT2D eigenvalue weighted by Gasteiger charge is 2.34. The topological polar surface area (TPSA) is 37.4 Å². The van der Waals surface area contributed by atoms with Crippen LogP contribution in [0.2, 0.25) is 0 Å². The molecule has 0 unspecified atom stereocenters. The molecular weight excluding hydrogens is 303 g/mol. The van der Waals surface area contributed by atoms with Gasteiger partial charge in [0.25, 0.3) is 11.1 Å². The van der Waals surface area contributed by atoms with Crippen LogP contribution >= 0.6 is 11.8 Å². The van der Waals surface area contributed by atoms with E-state index in [1.807, 2.05) is 6.92 Å². The Morgan fingerprint density at radius 1 is 1.19 bits per heavy atom. The molecule has 0 radical (unpaired) electrons. The summed E-state index contributed by atoms with van der Waals surface area (Å²) in [5, 5.41) is -0.347. The van der Waals surface area contributed by atoms with E-state index in [0.29, 0.717) is 18.5 Å². The average molecular weight is 315 g/mol. The first-order chi connectivity index (χ1) is 9.82. The Hall–Kier alpha value is -1.76. The van der Waals surface area contributed by atoms with Crippen molar-refractivity contribution in [2.45, 2.75) is 19.5 Å². The molecule has 1 saturated heterocycles. The molecule has 0 spiro atoms. The van der Waals surface area contributed by atoms with Crippen LogP contribution in [0.4, 0.5) is 18.0 Å². The molecule has 0 aromatic heterocycles. The third-order valence-corrected chi connectivity index (χ3v) is 3.76. The van der Waals surface area contributed by atoms with E-state index in [1.165, 1.54) is 18.2 Å². The third kappa shape index (κ3) is 3.47. The zero-order chi connectivity index (χ0) is 15.6. The van der Waals surface area contributed by atoms with E-state index >= 15 is 0 Å². The Morgan fingerprint density at radius 2 is 1.81 bits per heavy atom. The SMILES string of the molecule is CCCN1C(=O)S/C(=C/c2ccc(C(F)(F)F)cc2)C1=O. The predicted molar refractivity (Wildman–Crippen MR) is 74.4 cm³/mol. The largest absolute Gasteiger partial charge is 0.416 e. The molecule has 0 bridgehead atoms. The standard InChI is InChI=1S/C14H12F3NO2S/c1-2-7-18-12(19)11(21-13(18)20)8-9-3-5-10(6-4-9)14(15,16)17/h3-6,8H,2,7H2,1H3/b11-8+. The second kappa shape index (κ2) is 5.93. The number of amides is 2. The van der Waals surface area contributed by atoms with E-state index in [1.54, 1.807) is 0 Å². The Bertz CT molecular complexity index is 593. The molecule has 2 rings (SSSR count). The number of alkyl halides is 3. The Morgan fingerprint density at radius 3 is 2.33 bits per heavy atom. The molecule has 0 aliphatic carbocycles. The Labute approximate surface area is 123 Å². The number of nitrogens with zero attached hydrogens (tertiary/aromatic N) is 1. The molecular formula is C14H12F3NO2S. The van der Waals surface area contributed by atoms with Crippen molar-refractivity contribution in [3.63, 3.8) is 0 Å². The highest BCUT2D eigenvalue weighted by atomic mass is 32.2. The lowest BCUT2D eigenvalue weighted by atomic mass is 10.1. The molecule has 7 heteroatoms. The van der Waals surface area contributed by atoms with Crippen molar-refractivity contribution in [1.29, 1.82) is 0 Å². The lowest BCUT2D eigenvalue weighted by Gasteiger charge is -2.09. The smallest absolute Gasteiger partial charge is 0.268 e. The normalized spacial score (nSPS) is 17.9. The molecule has 3 nitrogen and oxygen atoms in total. The van der Waals surface area contributed by atoms with Gasteiger partial charge in [-0.15, -0.1) is 0 Å². The zero-order valence-electron chi connectivity index (χ0n) is 11.1. The summed E-state index contributed by atoms with van der Waals surface area (Å²) in [6, 6.07) is 4.44. The summed E-state index contributed by atoms with van der Waals surface area (Å²) in [5.41, 5.74) is -0.302. The number of rotatable bonds is 3. The molecule has 1 aliphatic rings. The first-order valence-electron chi connectivity index (χ1n) is 6.25. The van der Waals surface area contributed by atoms with Gasteiger partial charge in [0.2, 0.25) is 0 Å². The molecule has 1 heterocycles. The number of hydrogen-bond acceptors (Lipinski definition) is 3. The fourth-order valence-electron chi connectivity index (χ4n) is 1.84. The van der Waals surface area contributed by atoms with Crippen molar-refractivity contribution in [2.24, 2.45) is 0 Å². The van der Waals surface area contributed by atoms with Crippen molar-refractivity contribution >= 4 is 29.0 Å². The molecule has 1 fully saturated rings. The van der Waals surface area contributed by atoms with Gasteiger partial charge in [-0.05, 0) is 42.0 Å². The lowest BCUT2D eigenvalue weighted by molar-refractivity contribution is -0.137. The predicted octanol–water partition coefficient (Wildman–Crippen LogP) is 4.15. The van der Waals surface area contributed by atoms with Gasteiger partial charge in [-0.2, -0.15) is 13.2 Å². The number of imide groups is 1. The minimum absolute atomic E-state index is 0.230. The molecule has 0 atom stereocenters. The minimum atomic E-state index is -4.39. The van der Waals surface area contributed by atoms with Gasteiger partial charge in [0.1, 0.15) is 0 Å². The number of carbonyl (C=O) groups is 2. The maximum absolute atomic E-state index is 12.4. The summed E-state index contributed by atoms with van der Waals surface area (Å²) in [4.78, 5) is 25.0. The zero-order valence-corrected chi connectivity index (χ0v) is 11.9. The van der Waals surface area contributed by atoms with E-state index in [0.717, 1.165) is 28.8 Å². The maximum Gasteiger partial charge on any atom is 0.416 e. The second-order valence-electron chi connectivity index (χ2n) is 4.45. The fourth-order valence-corrected chi connectivity index (χ4v) is 2.70. The van der Waals surface area contributed by atoms with Crippen LogP contribution in [0.25, 0.3) is 6.08 Å². The highest BCUT2D eigenvalue weighted by Crippen LogP contribution is 2.33. The molecule has 112 valence electrons. The van der Waals surface area contributed by atoms with E-state index in [-0.39, 0.29) is 10.1 Å². The quantitative estimate of drug-likeness (QED) is 0.786. The number of halogens is 3. The first-order valence-corrected chi connectivity index (χ1v) is 7.07. The molecule has 1 aliphatic heterocycles. The minimum Gasteiger partial charge on any atom is -0.268 e. The number of benzene rings is 1. The van der Waals surface area contributed by atoms with Gasteiger partial charge in [0.15, 0.2) is 0 Å². The van der Waals surface area contributed by atoms with Crippen LogP contribution in [-0.2, 0) is 11.0 Å². The summed E-state index contributed by atoms with van der Waals surface area (Å²) < 4.78 is 37.3. The lowest BCUT2D eigenvalue weighted by Crippen LogP contribution is -2.28. The summed E-state index contributed by atoms with van der Waals surface area (Å²) >= 11 is 0.803. The summed E-state index contributed by atoms with van der Waals surface area (Å²) in [6.07, 6.45) is -2.30. The molecule has 0 saturated carbocycles. The highest BCUT2D eigenvalue weighted by molar-refractivity contribution is 8.18. The molecule has 21 heavy (non-hydrogen) atoms. The van der Waals surface area contributed by atoms with Crippen LogP contribution in [-0.4, -0.2) is 22.6 Å². The van der Waals surface area contributed by atoms with Gasteiger partial charge in [0.05, 0.1) is 10.5 Å². The van der Waals surface area contributed by atoms with E-state index < -0.39 is 17.6 Å². The Kier molecular flexibility index (Phi) is 4.41. The summed E-state index contributed by atoms with van der Waals surface area (Å²) in [6.45, 7) is 2.19. The van der Waals surface area contributed by atoms with Crippen molar-refractivity contribution in [3.05, 3.63) is 40.3 Å². The fraction of sp³-hybridized carbons (Fsp3) is 0.286. The maximum atomic E-state index is 12.4. The van der Waals surface area contributed by atoms with Gasteiger partial charge in [-0.1, -0.05) is 19.1 Å². The van der Waals surface area contributed by atoms with E-state index in [2.05, 4.69) is 0 Å². The molecule has 1 aromatic rings. The third-order valence-electron chi connectivity index (χ3n) is 2.86. The first kappa shape index (κ1) is 15.6. The van der Waals surface area contributed by atoms with E-state index in [9.17, 15) is 22.8 Å². The molecule has 1 aromatic carbocycles. The summed E-state index contributed by atoms with van der Waals surface area (Å²) in [7, 11) is 0. The van der Waals surface area contributed by atoms with Crippen LogP contribution in [0.3, 0.4) is 0 Å². The van der Waals surface area contributed by atoms with Crippen molar-refractivity contribution < 1.29 is 22.8 Å². The van der Waals surface area contributed by atoms with Gasteiger partial charge in [-0.25, -0.2) is 0 Å². The van der Waals surface area contributed by atoms with Crippen LogP contribution in [0.1, 0.15) is 24.5 Å². The average Bonchev–Trinajstić information content (AvgIpc) is 2.66. The van der Waals surface area contributed by atoms with Crippen LogP contribution in [0.5, 0.6) is 0 Å². The van der Waals surface area contributed by atoms with Crippen molar-refractivity contribution in [2.75, 3.05) is 6.54 Å². The van der Waals surface area contributed by atoms with Crippen molar-refractivity contribution in [3.8, 4) is 0 Å². The van der Waals surface area contributed by atoms with E-state index in [4.69, 9.17) is 0 Å². The summed E-state index contributed by atoms with van der Waals surface area (Å²) in [5.74, 6) is -0.397. The van der Waals surface area contributed by atoms with Gasteiger partial charge >= 0.3 is 6.18 Å². The van der Waals surface area contributed by atoms with Crippen molar-refractivity contribution in [1.82, 2.24) is 4.90 Å².